The summed E-state index contributed by atoms with van der Waals surface area (Å²) in [5.41, 5.74) is 0.999. The summed E-state index contributed by atoms with van der Waals surface area (Å²) >= 11 is 0. The van der Waals surface area contributed by atoms with Gasteiger partial charge in [0.2, 0.25) is 0 Å². The van der Waals surface area contributed by atoms with E-state index in [1.165, 1.54) is 0 Å². The lowest BCUT2D eigenvalue weighted by atomic mass is 10.3. The third-order valence-corrected chi connectivity index (χ3v) is 2.06. The third-order valence-electron chi connectivity index (χ3n) is 2.06. The minimum atomic E-state index is -0.503. The van der Waals surface area contributed by atoms with E-state index in [9.17, 15) is 5.11 Å². The van der Waals surface area contributed by atoms with Crippen LogP contribution < -0.4 is 5.32 Å². The summed E-state index contributed by atoms with van der Waals surface area (Å²) in [7, 11) is 1.62. The number of aliphatic hydroxyl groups excluding tert-OH is 1. The Kier molecular flexibility index (Phi) is 6.56. The lowest BCUT2D eigenvalue weighted by Crippen LogP contribution is -2.25. The topological polar surface area (TPSA) is 50.7 Å². The van der Waals surface area contributed by atoms with Crippen molar-refractivity contribution >= 4 is 5.69 Å². The van der Waals surface area contributed by atoms with Gasteiger partial charge in [-0.3, -0.25) is 0 Å². The van der Waals surface area contributed by atoms with Gasteiger partial charge >= 0.3 is 0 Å². The van der Waals surface area contributed by atoms with Crippen LogP contribution in [-0.4, -0.2) is 44.7 Å². The molecule has 0 radical (unpaired) electrons. The summed E-state index contributed by atoms with van der Waals surface area (Å²) in [5, 5.41) is 12.7. The summed E-state index contributed by atoms with van der Waals surface area (Å²) in [6, 6.07) is 9.76. The minimum Gasteiger partial charge on any atom is -0.389 e. The van der Waals surface area contributed by atoms with Gasteiger partial charge in [0.1, 0.15) is 0 Å². The van der Waals surface area contributed by atoms with E-state index in [2.05, 4.69) is 5.32 Å². The third kappa shape index (κ3) is 5.70. The summed E-state index contributed by atoms with van der Waals surface area (Å²) in [5.74, 6) is 0. The molecule has 0 amide bonds. The standard InChI is InChI=1S/C12H19NO3/c1-15-7-8-16-10-12(14)9-13-11-5-3-2-4-6-11/h2-6,12-14H,7-10H2,1H3. The Labute approximate surface area is 96.2 Å². The van der Waals surface area contributed by atoms with Gasteiger partial charge in [-0.1, -0.05) is 18.2 Å². The van der Waals surface area contributed by atoms with Crippen molar-refractivity contribution in [3.63, 3.8) is 0 Å². The van der Waals surface area contributed by atoms with Crippen molar-refractivity contribution < 1.29 is 14.6 Å². The molecule has 1 atom stereocenters. The molecule has 0 aliphatic rings. The van der Waals surface area contributed by atoms with Gasteiger partial charge in [-0.2, -0.15) is 0 Å². The van der Waals surface area contributed by atoms with E-state index in [-0.39, 0.29) is 0 Å². The summed E-state index contributed by atoms with van der Waals surface area (Å²) in [6.07, 6.45) is -0.503. The van der Waals surface area contributed by atoms with Crippen molar-refractivity contribution in [2.45, 2.75) is 6.10 Å². The molecule has 16 heavy (non-hydrogen) atoms. The van der Waals surface area contributed by atoms with E-state index >= 15 is 0 Å². The van der Waals surface area contributed by atoms with E-state index < -0.39 is 6.10 Å². The lowest BCUT2D eigenvalue weighted by Gasteiger charge is -2.12. The van der Waals surface area contributed by atoms with Crippen molar-refractivity contribution in [1.82, 2.24) is 0 Å². The predicted molar refractivity (Wildman–Crippen MR) is 63.6 cm³/mol. The van der Waals surface area contributed by atoms with Gasteiger partial charge in [-0.25, -0.2) is 0 Å². The molecule has 0 fully saturated rings. The van der Waals surface area contributed by atoms with Crippen LogP contribution in [0.2, 0.25) is 0 Å². The number of hydrogen-bond donors (Lipinski definition) is 2. The number of rotatable bonds is 8. The molecule has 0 saturated carbocycles. The number of methoxy groups -OCH3 is 1. The Morgan fingerprint density at radius 2 is 2.00 bits per heavy atom. The molecule has 0 aromatic heterocycles. The normalized spacial score (nSPS) is 12.4. The van der Waals surface area contributed by atoms with Crippen LogP contribution >= 0.6 is 0 Å². The van der Waals surface area contributed by atoms with Crippen LogP contribution in [0.4, 0.5) is 5.69 Å². The molecule has 1 aromatic rings. The van der Waals surface area contributed by atoms with Crippen LogP contribution in [0.1, 0.15) is 0 Å². The maximum atomic E-state index is 9.58. The Morgan fingerprint density at radius 1 is 1.25 bits per heavy atom. The second-order valence-corrected chi connectivity index (χ2v) is 3.47. The van der Waals surface area contributed by atoms with Gasteiger partial charge in [0.05, 0.1) is 25.9 Å². The number of hydrogen-bond acceptors (Lipinski definition) is 4. The highest BCUT2D eigenvalue weighted by atomic mass is 16.5. The SMILES string of the molecule is COCCOCC(O)CNc1ccccc1. The predicted octanol–water partition coefficient (Wildman–Crippen LogP) is 1.12. The second kappa shape index (κ2) is 8.10. The lowest BCUT2D eigenvalue weighted by molar-refractivity contribution is 0.0182. The number of para-hydroxylation sites is 1. The molecule has 90 valence electrons. The van der Waals surface area contributed by atoms with Gasteiger partial charge < -0.3 is 19.9 Å². The van der Waals surface area contributed by atoms with Gasteiger partial charge in [-0.05, 0) is 12.1 Å². The highest BCUT2D eigenvalue weighted by Gasteiger charge is 2.03. The molecule has 0 aliphatic carbocycles. The number of benzene rings is 1. The van der Waals surface area contributed by atoms with E-state index in [1.807, 2.05) is 30.3 Å². The van der Waals surface area contributed by atoms with Gasteiger partial charge in [0, 0.05) is 19.3 Å². The quantitative estimate of drug-likeness (QED) is 0.651. The van der Waals surface area contributed by atoms with Crippen molar-refractivity contribution in [3.05, 3.63) is 30.3 Å². The first kappa shape index (κ1) is 13.0. The molecular formula is C12H19NO3. The Morgan fingerprint density at radius 3 is 2.69 bits per heavy atom. The van der Waals surface area contributed by atoms with Gasteiger partial charge in [-0.15, -0.1) is 0 Å². The monoisotopic (exact) mass is 225 g/mol. The molecule has 4 nitrogen and oxygen atoms in total. The fourth-order valence-corrected chi connectivity index (χ4v) is 1.21. The zero-order chi connectivity index (χ0) is 11.6. The average molecular weight is 225 g/mol. The van der Waals surface area contributed by atoms with Crippen LogP contribution in [0.3, 0.4) is 0 Å². The fraction of sp³-hybridized carbons (Fsp3) is 0.500. The Hall–Kier alpha value is -1.10. The smallest absolute Gasteiger partial charge is 0.0945 e. The first-order chi connectivity index (χ1) is 7.83. The molecule has 0 saturated heterocycles. The maximum absolute atomic E-state index is 9.58. The van der Waals surface area contributed by atoms with E-state index in [0.29, 0.717) is 26.4 Å². The van der Waals surface area contributed by atoms with Crippen LogP contribution in [0.15, 0.2) is 30.3 Å². The number of ether oxygens (including phenoxy) is 2. The zero-order valence-corrected chi connectivity index (χ0v) is 9.56. The number of nitrogens with one attached hydrogen (secondary N) is 1. The average Bonchev–Trinajstić information content (AvgIpc) is 2.33. The summed E-state index contributed by atoms with van der Waals surface area (Å²) in [4.78, 5) is 0. The van der Waals surface area contributed by atoms with Gasteiger partial charge in [0.25, 0.3) is 0 Å². The van der Waals surface area contributed by atoms with Crippen molar-refractivity contribution in [2.75, 3.05) is 38.8 Å². The molecule has 0 bridgehead atoms. The van der Waals surface area contributed by atoms with Crippen molar-refractivity contribution in [1.29, 1.82) is 0 Å². The van der Waals surface area contributed by atoms with E-state index in [4.69, 9.17) is 9.47 Å². The number of aliphatic hydroxyl groups is 1. The molecule has 1 unspecified atom stereocenters. The molecule has 0 aliphatic heterocycles. The largest absolute Gasteiger partial charge is 0.389 e. The highest BCUT2D eigenvalue weighted by Crippen LogP contribution is 2.04. The molecule has 2 N–H and O–H groups in total. The zero-order valence-electron chi connectivity index (χ0n) is 9.56. The van der Waals surface area contributed by atoms with Crippen molar-refractivity contribution in [3.8, 4) is 0 Å². The Bertz CT molecular complexity index is 266. The highest BCUT2D eigenvalue weighted by molar-refractivity contribution is 5.42. The summed E-state index contributed by atoms with van der Waals surface area (Å²) < 4.78 is 10.0. The molecule has 0 heterocycles. The molecule has 1 aromatic carbocycles. The van der Waals surface area contributed by atoms with Gasteiger partial charge in [0.15, 0.2) is 0 Å². The van der Waals surface area contributed by atoms with Crippen LogP contribution in [0, 0.1) is 0 Å². The van der Waals surface area contributed by atoms with E-state index in [1.54, 1.807) is 7.11 Å². The molecule has 0 spiro atoms. The van der Waals surface area contributed by atoms with Crippen LogP contribution in [0.5, 0.6) is 0 Å². The molecular weight excluding hydrogens is 206 g/mol. The second-order valence-electron chi connectivity index (χ2n) is 3.47. The fourth-order valence-electron chi connectivity index (χ4n) is 1.21. The maximum Gasteiger partial charge on any atom is 0.0945 e. The number of anilines is 1. The molecule has 1 rings (SSSR count). The van der Waals surface area contributed by atoms with Crippen LogP contribution in [-0.2, 0) is 9.47 Å². The minimum absolute atomic E-state index is 0.323. The van der Waals surface area contributed by atoms with Crippen molar-refractivity contribution in [2.24, 2.45) is 0 Å². The first-order valence-electron chi connectivity index (χ1n) is 5.36. The van der Waals surface area contributed by atoms with Crippen LogP contribution in [0.25, 0.3) is 0 Å². The Balaban J connectivity index is 2.08. The first-order valence-corrected chi connectivity index (χ1v) is 5.36. The van der Waals surface area contributed by atoms with E-state index in [0.717, 1.165) is 5.69 Å². The molecule has 4 heteroatoms. The summed E-state index contributed by atoms with van der Waals surface area (Å²) in [6.45, 7) is 1.87.